The van der Waals surface area contributed by atoms with Crippen LogP contribution < -0.4 is 0 Å². The normalized spacial score (nSPS) is 17.5. The number of rotatable bonds is 6. The van der Waals surface area contributed by atoms with Gasteiger partial charge >= 0.3 is 18.2 Å². The third-order valence-corrected chi connectivity index (χ3v) is 8.28. The summed E-state index contributed by atoms with van der Waals surface area (Å²) >= 11 is 0. The van der Waals surface area contributed by atoms with Crippen LogP contribution in [0.25, 0.3) is 11.1 Å². The smallest absolute Gasteiger partial charge is 0.410 e. The van der Waals surface area contributed by atoms with Crippen molar-refractivity contribution in [3.8, 4) is 11.1 Å². The summed E-state index contributed by atoms with van der Waals surface area (Å²) in [5.41, 5.74) is 4.41. The highest BCUT2D eigenvalue weighted by Gasteiger charge is 2.39. The molecule has 1 saturated heterocycles. The van der Waals surface area contributed by atoms with Gasteiger partial charge in [-0.3, -0.25) is 4.90 Å². The van der Waals surface area contributed by atoms with Gasteiger partial charge in [-0.05, 0) is 28.3 Å². The average Bonchev–Trinajstić information content (AvgIpc) is 3.15. The van der Waals surface area contributed by atoms with Crippen LogP contribution in [0, 0.1) is 0 Å². The van der Waals surface area contributed by atoms with E-state index in [-0.39, 0.29) is 32.2 Å². The molecule has 0 bridgehead atoms. The molecule has 9 heteroatoms. The standard InChI is InChI=1S/C26H32N2O6Si/c1-35(2,3)15-14-33-25(31)27-12-13-28(23(16-27)24(29)30)26(32)34-17-22-20-10-6-4-8-18(20)19-9-5-7-11-21(19)22/h4-11,22-23H,12-17H2,1-3H3,(H,29,30). The Hall–Kier alpha value is -3.33. The number of ether oxygens (including phenoxy) is 2. The minimum Gasteiger partial charge on any atom is -0.480 e. The minimum absolute atomic E-state index is 0.0662. The van der Waals surface area contributed by atoms with E-state index in [1.807, 2.05) is 36.4 Å². The summed E-state index contributed by atoms with van der Waals surface area (Å²) in [4.78, 5) is 39.9. The van der Waals surface area contributed by atoms with Crippen LogP contribution in [0.15, 0.2) is 48.5 Å². The molecule has 35 heavy (non-hydrogen) atoms. The van der Waals surface area contributed by atoms with Gasteiger partial charge in [0.1, 0.15) is 6.61 Å². The number of carbonyl (C=O) groups excluding carboxylic acids is 2. The lowest BCUT2D eigenvalue weighted by Gasteiger charge is -2.38. The van der Waals surface area contributed by atoms with Crippen molar-refractivity contribution in [2.24, 2.45) is 0 Å². The Labute approximate surface area is 206 Å². The van der Waals surface area contributed by atoms with Gasteiger partial charge in [0.2, 0.25) is 0 Å². The molecule has 8 nitrogen and oxygen atoms in total. The van der Waals surface area contributed by atoms with Gasteiger partial charge in [-0.25, -0.2) is 14.4 Å². The summed E-state index contributed by atoms with van der Waals surface area (Å²) in [5.74, 6) is -1.30. The van der Waals surface area contributed by atoms with Crippen LogP contribution in [0.2, 0.25) is 25.7 Å². The number of nitrogens with zero attached hydrogens (tertiary/aromatic N) is 2. The number of aliphatic carboxylic acids is 1. The van der Waals surface area contributed by atoms with Crippen molar-refractivity contribution >= 4 is 26.2 Å². The predicted molar refractivity (Wildman–Crippen MR) is 134 cm³/mol. The third kappa shape index (κ3) is 5.50. The van der Waals surface area contributed by atoms with E-state index in [9.17, 15) is 19.5 Å². The molecule has 0 spiro atoms. The molecule has 0 aromatic heterocycles. The Morgan fingerprint density at radius 2 is 1.51 bits per heavy atom. The first-order chi connectivity index (χ1) is 16.7. The van der Waals surface area contributed by atoms with E-state index < -0.39 is 32.3 Å². The molecule has 1 N–H and O–H groups in total. The number of hydrogen-bond donors (Lipinski definition) is 1. The highest BCUT2D eigenvalue weighted by Crippen LogP contribution is 2.44. The first-order valence-electron chi connectivity index (χ1n) is 11.9. The minimum atomic E-state index is -1.35. The maximum atomic E-state index is 13.0. The number of carboxylic acids is 1. The highest BCUT2D eigenvalue weighted by atomic mass is 28.3. The summed E-state index contributed by atoms with van der Waals surface area (Å²) in [7, 11) is -1.35. The van der Waals surface area contributed by atoms with Crippen molar-refractivity contribution in [1.29, 1.82) is 0 Å². The summed E-state index contributed by atoms with van der Waals surface area (Å²) in [5, 5.41) is 9.76. The molecular weight excluding hydrogens is 464 g/mol. The van der Waals surface area contributed by atoms with E-state index in [0.717, 1.165) is 28.3 Å². The molecule has 2 aliphatic rings. The molecule has 1 aliphatic carbocycles. The Morgan fingerprint density at radius 1 is 0.914 bits per heavy atom. The Balaban J connectivity index is 1.38. The SMILES string of the molecule is C[Si](C)(C)CCOC(=O)N1CCN(C(=O)OCC2c3ccccc3-c3ccccc32)C(C(=O)O)C1. The van der Waals surface area contributed by atoms with E-state index in [4.69, 9.17) is 9.47 Å². The van der Waals surface area contributed by atoms with Gasteiger partial charge in [0.05, 0.1) is 13.2 Å². The van der Waals surface area contributed by atoms with Crippen molar-refractivity contribution in [3.63, 3.8) is 0 Å². The first kappa shape index (κ1) is 24.8. The lowest BCUT2D eigenvalue weighted by molar-refractivity contribution is -0.144. The zero-order valence-electron chi connectivity index (χ0n) is 20.4. The predicted octanol–water partition coefficient (Wildman–Crippen LogP) is 4.48. The Morgan fingerprint density at radius 3 is 2.09 bits per heavy atom. The van der Waals surface area contributed by atoms with Crippen LogP contribution in [0.4, 0.5) is 9.59 Å². The number of amides is 2. The first-order valence-corrected chi connectivity index (χ1v) is 15.6. The molecule has 1 aliphatic heterocycles. The van der Waals surface area contributed by atoms with E-state index >= 15 is 0 Å². The van der Waals surface area contributed by atoms with Gasteiger partial charge in [0.25, 0.3) is 0 Å². The van der Waals surface area contributed by atoms with Crippen LogP contribution in [0.3, 0.4) is 0 Å². The summed E-state index contributed by atoms with van der Waals surface area (Å²) in [6.07, 6.45) is -1.23. The molecule has 2 amide bonds. The molecule has 0 saturated carbocycles. The summed E-state index contributed by atoms with van der Waals surface area (Å²) < 4.78 is 11.0. The van der Waals surface area contributed by atoms with Crippen molar-refractivity contribution in [2.75, 3.05) is 32.8 Å². The second kappa shape index (κ2) is 10.1. The molecule has 2 aromatic carbocycles. The molecule has 4 rings (SSSR count). The van der Waals surface area contributed by atoms with Crippen LogP contribution in [0.5, 0.6) is 0 Å². The quantitative estimate of drug-likeness (QED) is 0.593. The number of fused-ring (bicyclic) bond motifs is 3. The number of carboxylic acid groups (broad SMARTS) is 1. The fourth-order valence-corrected chi connectivity index (χ4v) is 5.31. The fraction of sp³-hybridized carbons (Fsp3) is 0.423. The monoisotopic (exact) mass is 496 g/mol. The number of benzene rings is 2. The topological polar surface area (TPSA) is 96.4 Å². The zero-order chi connectivity index (χ0) is 25.2. The van der Waals surface area contributed by atoms with Gasteiger partial charge in [0.15, 0.2) is 6.04 Å². The van der Waals surface area contributed by atoms with E-state index in [1.165, 1.54) is 9.80 Å². The Bertz CT molecular complexity index is 1070. The van der Waals surface area contributed by atoms with Crippen LogP contribution in [-0.2, 0) is 14.3 Å². The molecule has 2 aromatic rings. The highest BCUT2D eigenvalue weighted by molar-refractivity contribution is 6.76. The van der Waals surface area contributed by atoms with Crippen LogP contribution >= 0.6 is 0 Å². The zero-order valence-corrected chi connectivity index (χ0v) is 21.4. The number of hydrogen-bond acceptors (Lipinski definition) is 5. The molecule has 1 unspecified atom stereocenters. The molecule has 0 radical (unpaired) electrons. The molecular formula is C26H32N2O6Si. The number of piperazine rings is 1. The second-order valence-corrected chi connectivity index (χ2v) is 15.8. The molecule has 1 fully saturated rings. The fourth-order valence-electron chi connectivity index (χ4n) is 4.59. The summed E-state index contributed by atoms with van der Waals surface area (Å²) in [6, 6.07) is 15.7. The second-order valence-electron chi connectivity index (χ2n) is 10.2. The average molecular weight is 497 g/mol. The van der Waals surface area contributed by atoms with E-state index in [2.05, 4.69) is 31.8 Å². The van der Waals surface area contributed by atoms with Crippen molar-refractivity contribution < 1.29 is 29.0 Å². The van der Waals surface area contributed by atoms with E-state index in [1.54, 1.807) is 0 Å². The van der Waals surface area contributed by atoms with Gasteiger partial charge in [-0.2, -0.15) is 0 Å². The van der Waals surface area contributed by atoms with Crippen molar-refractivity contribution in [3.05, 3.63) is 59.7 Å². The molecule has 1 atom stereocenters. The van der Waals surface area contributed by atoms with Crippen molar-refractivity contribution in [2.45, 2.75) is 37.6 Å². The molecule has 186 valence electrons. The largest absolute Gasteiger partial charge is 0.480 e. The van der Waals surface area contributed by atoms with Crippen LogP contribution in [-0.4, -0.2) is 80.0 Å². The lowest BCUT2D eigenvalue weighted by atomic mass is 9.98. The van der Waals surface area contributed by atoms with Crippen LogP contribution in [0.1, 0.15) is 17.0 Å². The van der Waals surface area contributed by atoms with Gasteiger partial charge in [-0.1, -0.05) is 68.2 Å². The summed E-state index contributed by atoms with van der Waals surface area (Å²) in [6.45, 7) is 7.12. The third-order valence-electron chi connectivity index (χ3n) is 6.57. The van der Waals surface area contributed by atoms with Gasteiger partial charge < -0.3 is 19.5 Å². The van der Waals surface area contributed by atoms with Gasteiger partial charge in [0, 0.05) is 27.1 Å². The molecule has 1 heterocycles. The maximum absolute atomic E-state index is 13.0. The maximum Gasteiger partial charge on any atom is 0.410 e. The lowest BCUT2D eigenvalue weighted by Crippen LogP contribution is -2.59. The Kier molecular flexibility index (Phi) is 7.16. The van der Waals surface area contributed by atoms with Crippen molar-refractivity contribution in [1.82, 2.24) is 9.80 Å². The van der Waals surface area contributed by atoms with E-state index in [0.29, 0.717) is 6.61 Å². The number of carbonyl (C=O) groups is 3. The van der Waals surface area contributed by atoms with Gasteiger partial charge in [-0.15, -0.1) is 0 Å².